The minimum Gasteiger partial charge on any atom is -0.353 e. The van der Waals surface area contributed by atoms with Gasteiger partial charge >= 0.3 is 0 Å². The second-order valence-electron chi connectivity index (χ2n) is 6.06. The Bertz CT molecular complexity index is 592. The van der Waals surface area contributed by atoms with Crippen molar-refractivity contribution in [1.82, 2.24) is 30.4 Å². The first-order valence-electron chi connectivity index (χ1n) is 7.97. The van der Waals surface area contributed by atoms with E-state index in [-0.39, 0.29) is 18.5 Å². The monoisotopic (exact) mass is 334 g/mol. The molecular weight excluding hydrogens is 312 g/mol. The molecule has 8 heteroatoms. The van der Waals surface area contributed by atoms with Crippen LogP contribution in [0.5, 0.6) is 0 Å². The van der Waals surface area contributed by atoms with Gasteiger partial charge in [-0.2, -0.15) is 0 Å². The van der Waals surface area contributed by atoms with E-state index >= 15 is 0 Å². The Morgan fingerprint density at radius 2 is 2.30 bits per heavy atom. The molecule has 7 nitrogen and oxygen atoms in total. The lowest BCUT2D eigenvalue weighted by Gasteiger charge is -2.36. The number of hydrogen-bond acceptors (Lipinski definition) is 6. The number of carbonyl (C=O) groups excluding carboxylic acids is 1. The SMILES string of the molecule is CC1CCN([C@@H](CNC(=O)Cn2cnnn2)c2cccs2)CC1. The van der Waals surface area contributed by atoms with E-state index in [0.29, 0.717) is 6.54 Å². The highest BCUT2D eigenvalue weighted by Gasteiger charge is 2.25. The van der Waals surface area contributed by atoms with Crippen LogP contribution in [0.25, 0.3) is 0 Å². The number of nitrogens with one attached hydrogen (secondary N) is 1. The van der Waals surface area contributed by atoms with Crippen molar-refractivity contribution in [3.8, 4) is 0 Å². The molecule has 1 atom stereocenters. The zero-order chi connectivity index (χ0) is 16.1. The fourth-order valence-corrected chi connectivity index (χ4v) is 3.76. The van der Waals surface area contributed by atoms with Crippen LogP contribution in [0.4, 0.5) is 0 Å². The molecule has 1 amide bonds. The van der Waals surface area contributed by atoms with Crippen LogP contribution in [0.1, 0.15) is 30.7 Å². The molecule has 1 aliphatic rings. The summed E-state index contributed by atoms with van der Waals surface area (Å²) in [5, 5.41) is 15.9. The number of likely N-dealkylation sites (tertiary alicyclic amines) is 1. The maximum Gasteiger partial charge on any atom is 0.241 e. The van der Waals surface area contributed by atoms with Crippen LogP contribution in [0, 0.1) is 5.92 Å². The van der Waals surface area contributed by atoms with E-state index in [0.717, 1.165) is 19.0 Å². The van der Waals surface area contributed by atoms with Crippen molar-refractivity contribution < 1.29 is 4.79 Å². The Morgan fingerprint density at radius 1 is 1.48 bits per heavy atom. The maximum atomic E-state index is 12.1. The molecule has 1 N–H and O–H groups in total. The highest BCUT2D eigenvalue weighted by atomic mass is 32.1. The van der Waals surface area contributed by atoms with Gasteiger partial charge in [0.25, 0.3) is 0 Å². The van der Waals surface area contributed by atoms with Gasteiger partial charge in [-0.05, 0) is 53.7 Å². The summed E-state index contributed by atoms with van der Waals surface area (Å²) in [6.07, 6.45) is 3.89. The van der Waals surface area contributed by atoms with Crippen LogP contribution >= 0.6 is 11.3 Å². The summed E-state index contributed by atoms with van der Waals surface area (Å²) in [5.41, 5.74) is 0. The lowest BCUT2D eigenvalue weighted by Crippen LogP contribution is -2.42. The Morgan fingerprint density at radius 3 is 2.96 bits per heavy atom. The molecule has 0 unspecified atom stereocenters. The third-order valence-corrected chi connectivity index (χ3v) is 5.29. The average molecular weight is 334 g/mol. The number of amides is 1. The van der Waals surface area contributed by atoms with Gasteiger partial charge < -0.3 is 5.32 Å². The Kier molecular flexibility index (Phi) is 5.35. The summed E-state index contributed by atoms with van der Waals surface area (Å²) in [7, 11) is 0. The van der Waals surface area contributed by atoms with Crippen molar-refractivity contribution in [2.45, 2.75) is 32.4 Å². The van der Waals surface area contributed by atoms with Crippen LogP contribution in [-0.4, -0.2) is 50.6 Å². The number of carbonyl (C=O) groups is 1. The third kappa shape index (κ3) is 4.35. The molecule has 0 aromatic carbocycles. The summed E-state index contributed by atoms with van der Waals surface area (Å²) < 4.78 is 1.43. The molecule has 1 saturated heterocycles. The van der Waals surface area contributed by atoms with E-state index < -0.39 is 0 Å². The molecule has 0 bridgehead atoms. The second-order valence-corrected chi connectivity index (χ2v) is 7.04. The van der Waals surface area contributed by atoms with Gasteiger partial charge in [0.15, 0.2) is 0 Å². The van der Waals surface area contributed by atoms with Crippen molar-refractivity contribution in [3.05, 3.63) is 28.7 Å². The molecule has 124 valence electrons. The standard InChI is InChI=1S/C15H22N6OS/c1-12-4-6-20(7-5-12)13(14-3-2-8-23-14)9-16-15(22)10-21-11-17-18-19-21/h2-3,8,11-13H,4-7,9-10H2,1H3,(H,16,22)/t13-/m0/s1. The van der Waals surface area contributed by atoms with Crippen LogP contribution in [0.3, 0.4) is 0 Å². The summed E-state index contributed by atoms with van der Waals surface area (Å²) in [5.74, 6) is 0.730. The normalized spacial score (nSPS) is 18.0. The fourth-order valence-electron chi connectivity index (χ4n) is 2.90. The molecule has 0 spiro atoms. The van der Waals surface area contributed by atoms with Gasteiger partial charge in [0.05, 0.1) is 6.04 Å². The van der Waals surface area contributed by atoms with E-state index in [4.69, 9.17) is 0 Å². The van der Waals surface area contributed by atoms with Crippen LogP contribution < -0.4 is 5.32 Å². The Labute approximate surface area is 139 Å². The second kappa shape index (κ2) is 7.65. The van der Waals surface area contributed by atoms with E-state index in [1.54, 1.807) is 11.3 Å². The number of tetrazole rings is 1. The molecule has 1 fully saturated rings. The van der Waals surface area contributed by atoms with E-state index in [9.17, 15) is 4.79 Å². The van der Waals surface area contributed by atoms with Gasteiger partial charge in [0.2, 0.25) is 5.91 Å². The van der Waals surface area contributed by atoms with Gasteiger partial charge in [-0.25, -0.2) is 4.68 Å². The summed E-state index contributed by atoms with van der Waals surface area (Å²) in [6, 6.07) is 4.48. The number of nitrogens with zero attached hydrogens (tertiary/aromatic N) is 5. The minimum absolute atomic E-state index is 0.0655. The molecule has 3 rings (SSSR count). The number of thiophene rings is 1. The number of piperidine rings is 1. The maximum absolute atomic E-state index is 12.1. The lowest BCUT2D eigenvalue weighted by atomic mass is 9.97. The highest BCUT2D eigenvalue weighted by molar-refractivity contribution is 7.10. The fraction of sp³-hybridized carbons (Fsp3) is 0.600. The molecule has 0 aliphatic carbocycles. The summed E-state index contributed by atoms with van der Waals surface area (Å²) >= 11 is 1.75. The first-order chi connectivity index (χ1) is 11.2. The quantitative estimate of drug-likeness (QED) is 0.862. The molecule has 1 aliphatic heterocycles. The van der Waals surface area contributed by atoms with Crippen molar-refractivity contribution in [2.24, 2.45) is 5.92 Å². The first-order valence-corrected chi connectivity index (χ1v) is 8.85. The smallest absolute Gasteiger partial charge is 0.241 e. The van der Waals surface area contributed by atoms with Crippen molar-refractivity contribution in [3.63, 3.8) is 0 Å². The topological polar surface area (TPSA) is 75.9 Å². The zero-order valence-electron chi connectivity index (χ0n) is 13.3. The van der Waals surface area contributed by atoms with Gasteiger partial charge in [-0.15, -0.1) is 16.4 Å². The van der Waals surface area contributed by atoms with E-state index in [2.05, 4.69) is 50.2 Å². The lowest BCUT2D eigenvalue weighted by molar-refractivity contribution is -0.122. The van der Waals surface area contributed by atoms with E-state index in [1.807, 2.05) is 0 Å². The zero-order valence-corrected chi connectivity index (χ0v) is 14.1. The highest BCUT2D eigenvalue weighted by Crippen LogP contribution is 2.28. The van der Waals surface area contributed by atoms with Crippen LogP contribution in [0.2, 0.25) is 0 Å². The number of rotatable bonds is 6. The van der Waals surface area contributed by atoms with Crippen molar-refractivity contribution in [1.29, 1.82) is 0 Å². The first kappa shape index (κ1) is 16.1. The molecule has 2 aromatic heterocycles. The van der Waals surface area contributed by atoms with Crippen molar-refractivity contribution >= 4 is 17.2 Å². The third-order valence-electron chi connectivity index (χ3n) is 4.32. The van der Waals surface area contributed by atoms with Gasteiger partial charge in [0.1, 0.15) is 12.9 Å². The van der Waals surface area contributed by atoms with Gasteiger partial charge in [-0.1, -0.05) is 13.0 Å². The Balaban J connectivity index is 1.59. The van der Waals surface area contributed by atoms with Gasteiger partial charge in [-0.3, -0.25) is 9.69 Å². The minimum atomic E-state index is -0.0655. The van der Waals surface area contributed by atoms with E-state index in [1.165, 1.54) is 28.7 Å². The number of hydrogen-bond donors (Lipinski definition) is 1. The van der Waals surface area contributed by atoms with Crippen molar-refractivity contribution in [2.75, 3.05) is 19.6 Å². The number of aromatic nitrogens is 4. The largest absolute Gasteiger partial charge is 0.353 e. The predicted octanol–water partition coefficient (Wildman–Crippen LogP) is 1.32. The molecule has 23 heavy (non-hydrogen) atoms. The van der Waals surface area contributed by atoms with Crippen LogP contribution in [0.15, 0.2) is 23.8 Å². The molecular formula is C15H22N6OS. The molecule has 0 radical (unpaired) electrons. The molecule has 3 heterocycles. The predicted molar refractivity (Wildman–Crippen MR) is 87.9 cm³/mol. The molecule has 2 aromatic rings. The van der Waals surface area contributed by atoms with Crippen LogP contribution in [-0.2, 0) is 11.3 Å². The summed E-state index contributed by atoms with van der Waals surface area (Å²) in [6.45, 7) is 5.27. The van der Waals surface area contributed by atoms with Gasteiger partial charge in [0, 0.05) is 11.4 Å². The Hall–Kier alpha value is -1.80. The summed E-state index contributed by atoms with van der Waals surface area (Å²) in [4.78, 5) is 15.9. The average Bonchev–Trinajstić information content (AvgIpc) is 3.23. The molecule has 0 saturated carbocycles.